The Hall–Kier alpha value is -2.66. The standard InChI is InChI=1S/C21H17BrN2O2/c1-2-11-23-18-10-9-17-19-15(18)7-4-8-16(19)20(25)24(21(17)26)14-6-3-5-13(22)12-14/h3-10,12,23H,2,11H2,1H3. The molecule has 130 valence electrons. The molecule has 3 aromatic rings. The third kappa shape index (κ3) is 2.59. The zero-order chi connectivity index (χ0) is 18.3. The number of hydrogen-bond donors (Lipinski definition) is 1. The van der Waals surface area contributed by atoms with Crippen LogP contribution in [0.2, 0.25) is 0 Å². The summed E-state index contributed by atoms with van der Waals surface area (Å²) in [5, 5.41) is 5.02. The van der Waals surface area contributed by atoms with Gasteiger partial charge in [-0.1, -0.05) is 41.1 Å². The second kappa shape index (κ2) is 6.57. The summed E-state index contributed by atoms with van der Waals surface area (Å²) in [5.41, 5.74) is 2.61. The minimum absolute atomic E-state index is 0.293. The average molecular weight is 409 g/mol. The van der Waals surface area contributed by atoms with Gasteiger partial charge in [-0.05, 0) is 42.8 Å². The fourth-order valence-corrected chi connectivity index (χ4v) is 3.75. The maximum atomic E-state index is 13.1. The van der Waals surface area contributed by atoms with Crippen LogP contribution in [0.3, 0.4) is 0 Å². The molecule has 0 aromatic heterocycles. The molecule has 4 rings (SSSR count). The summed E-state index contributed by atoms with van der Waals surface area (Å²) < 4.78 is 0.818. The molecular weight excluding hydrogens is 392 g/mol. The molecule has 2 amide bonds. The normalized spacial score (nSPS) is 13.4. The van der Waals surface area contributed by atoms with Crippen LogP contribution in [0.25, 0.3) is 10.8 Å². The Morgan fingerprint density at radius 2 is 1.69 bits per heavy atom. The summed E-state index contributed by atoms with van der Waals surface area (Å²) in [6, 6.07) is 16.6. The third-order valence-electron chi connectivity index (χ3n) is 4.54. The van der Waals surface area contributed by atoms with Crippen molar-refractivity contribution in [2.24, 2.45) is 0 Å². The molecule has 0 radical (unpaired) electrons. The highest BCUT2D eigenvalue weighted by Crippen LogP contribution is 2.36. The molecule has 0 saturated carbocycles. The van der Waals surface area contributed by atoms with Gasteiger partial charge in [0.2, 0.25) is 0 Å². The van der Waals surface area contributed by atoms with Crippen LogP contribution in [0, 0.1) is 0 Å². The van der Waals surface area contributed by atoms with Gasteiger partial charge in [-0.3, -0.25) is 9.59 Å². The average Bonchev–Trinajstić information content (AvgIpc) is 2.65. The number of anilines is 2. The Kier molecular flexibility index (Phi) is 4.24. The van der Waals surface area contributed by atoms with Gasteiger partial charge in [0.1, 0.15) is 0 Å². The molecular formula is C21H17BrN2O2. The monoisotopic (exact) mass is 408 g/mol. The summed E-state index contributed by atoms with van der Waals surface area (Å²) in [6.45, 7) is 2.94. The molecule has 5 heteroatoms. The number of benzene rings is 3. The third-order valence-corrected chi connectivity index (χ3v) is 5.03. The highest BCUT2D eigenvalue weighted by molar-refractivity contribution is 9.10. The van der Waals surface area contributed by atoms with E-state index >= 15 is 0 Å². The zero-order valence-electron chi connectivity index (χ0n) is 14.3. The van der Waals surface area contributed by atoms with E-state index < -0.39 is 0 Å². The summed E-state index contributed by atoms with van der Waals surface area (Å²) in [5.74, 6) is -0.585. The van der Waals surface area contributed by atoms with Gasteiger partial charge in [-0.25, -0.2) is 4.90 Å². The number of amides is 2. The Morgan fingerprint density at radius 1 is 0.962 bits per heavy atom. The Balaban J connectivity index is 1.91. The van der Waals surface area contributed by atoms with Gasteiger partial charge in [-0.15, -0.1) is 0 Å². The van der Waals surface area contributed by atoms with Gasteiger partial charge in [0, 0.05) is 38.6 Å². The number of halogens is 1. The van der Waals surface area contributed by atoms with Gasteiger partial charge in [0.25, 0.3) is 11.8 Å². The van der Waals surface area contributed by atoms with Gasteiger partial charge >= 0.3 is 0 Å². The van der Waals surface area contributed by atoms with Crippen molar-refractivity contribution in [3.63, 3.8) is 0 Å². The molecule has 1 N–H and O–H groups in total. The van der Waals surface area contributed by atoms with E-state index in [0.717, 1.165) is 33.9 Å². The maximum Gasteiger partial charge on any atom is 0.265 e. The van der Waals surface area contributed by atoms with Crippen molar-refractivity contribution in [3.05, 3.63) is 70.2 Å². The van der Waals surface area contributed by atoms with E-state index in [0.29, 0.717) is 16.8 Å². The second-order valence-electron chi connectivity index (χ2n) is 6.24. The first-order valence-corrected chi connectivity index (χ1v) is 9.35. The van der Waals surface area contributed by atoms with E-state index in [2.05, 4.69) is 28.2 Å². The molecule has 0 spiro atoms. The summed E-state index contributed by atoms with van der Waals surface area (Å²) in [4.78, 5) is 27.5. The molecule has 0 unspecified atom stereocenters. The first kappa shape index (κ1) is 16.8. The Morgan fingerprint density at radius 3 is 2.42 bits per heavy atom. The quantitative estimate of drug-likeness (QED) is 0.601. The van der Waals surface area contributed by atoms with E-state index in [1.54, 1.807) is 18.2 Å². The molecule has 0 aliphatic carbocycles. The number of carbonyl (C=O) groups is 2. The Labute approximate surface area is 159 Å². The minimum Gasteiger partial charge on any atom is -0.385 e. The van der Waals surface area contributed by atoms with E-state index in [4.69, 9.17) is 0 Å². The lowest BCUT2D eigenvalue weighted by Crippen LogP contribution is -2.40. The molecule has 26 heavy (non-hydrogen) atoms. The first-order chi connectivity index (χ1) is 12.6. The molecule has 1 heterocycles. The van der Waals surface area contributed by atoms with Crippen molar-refractivity contribution in [3.8, 4) is 0 Å². The number of nitrogens with zero attached hydrogens (tertiary/aromatic N) is 1. The second-order valence-corrected chi connectivity index (χ2v) is 7.16. The van der Waals surface area contributed by atoms with E-state index in [-0.39, 0.29) is 11.8 Å². The van der Waals surface area contributed by atoms with Crippen LogP contribution in [0.15, 0.2) is 59.1 Å². The predicted molar refractivity (Wildman–Crippen MR) is 108 cm³/mol. The van der Waals surface area contributed by atoms with Crippen LogP contribution in [-0.2, 0) is 0 Å². The fraction of sp³-hybridized carbons (Fsp3) is 0.143. The number of carbonyl (C=O) groups excluding carboxylic acids is 2. The first-order valence-electron chi connectivity index (χ1n) is 8.55. The van der Waals surface area contributed by atoms with Crippen molar-refractivity contribution in [2.75, 3.05) is 16.8 Å². The molecule has 0 saturated heterocycles. The molecule has 0 fully saturated rings. The summed E-state index contributed by atoms with van der Waals surface area (Å²) in [6.07, 6.45) is 0.997. The van der Waals surface area contributed by atoms with Crippen molar-refractivity contribution in [1.82, 2.24) is 0 Å². The lowest BCUT2D eigenvalue weighted by molar-refractivity contribution is 0.0893. The van der Waals surface area contributed by atoms with Gasteiger partial charge < -0.3 is 5.32 Å². The topological polar surface area (TPSA) is 49.4 Å². The van der Waals surface area contributed by atoms with Crippen LogP contribution >= 0.6 is 15.9 Å². The number of nitrogens with one attached hydrogen (secondary N) is 1. The van der Waals surface area contributed by atoms with E-state index in [1.807, 2.05) is 36.4 Å². The van der Waals surface area contributed by atoms with Gasteiger partial charge in [0.15, 0.2) is 0 Å². The molecule has 1 aliphatic heterocycles. The van der Waals surface area contributed by atoms with Crippen LogP contribution < -0.4 is 10.2 Å². The van der Waals surface area contributed by atoms with Crippen LogP contribution in [-0.4, -0.2) is 18.4 Å². The van der Waals surface area contributed by atoms with Crippen molar-refractivity contribution < 1.29 is 9.59 Å². The number of rotatable bonds is 4. The van der Waals surface area contributed by atoms with E-state index in [1.165, 1.54) is 4.90 Å². The molecule has 3 aromatic carbocycles. The van der Waals surface area contributed by atoms with Crippen LogP contribution in [0.4, 0.5) is 11.4 Å². The highest BCUT2D eigenvalue weighted by atomic mass is 79.9. The zero-order valence-corrected chi connectivity index (χ0v) is 15.8. The van der Waals surface area contributed by atoms with Crippen LogP contribution in [0.5, 0.6) is 0 Å². The SMILES string of the molecule is CCCNc1ccc2c3c(cccc13)C(=O)N(c1cccc(Br)c1)C2=O. The van der Waals surface area contributed by atoms with Crippen molar-refractivity contribution in [2.45, 2.75) is 13.3 Å². The minimum atomic E-state index is -0.293. The maximum absolute atomic E-state index is 13.1. The lowest BCUT2D eigenvalue weighted by atomic mass is 9.92. The largest absolute Gasteiger partial charge is 0.385 e. The summed E-state index contributed by atoms with van der Waals surface area (Å²) >= 11 is 3.41. The molecule has 0 atom stereocenters. The number of imide groups is 1. The lowest BCUT2D eigenvalue weighted by Gasteiger charge is -2.28. The molecule has 1 aliphatic rings. The number of hydrogen-bond acceptors (Lipinski definition) is 3. The summed E-state index contributed by atoms with van der Waals surface area (Å²) in [7, 11) is 0. The molecule has 0 bridgehead atoms. The van der Waals surface area contributed by atoms with Crippen molar-refractivity contribution >= 4 is 49.9 Å². The Bertz CT molecular complexity index is 1020. The molecule has 4 nitrogen and oxygen atoms in total. The smallest absolute Gasteiger partial charge is 0.265 e. The van der Waals surface area contributed by atoms with Gasteiger partial charge in [0.05, 0.1) is 5.69 Å². The predicted octanol–water partition coefficient (Wildman–Crippen LogP) is 5.22. The fourth-order valence-electron chi connectivity index (χ4n) is 3.36. The van der Waals surface area contributed by atoms with Crippen molar-refractivity contribution in [1.29, 1.82) is 0 Å². The highest BCUT2D eigenvalue weighted by Gasteiger charge is 2.34. The van der Waals surface area contributed by atoms with E-state index in [9.17, 15) is 9.59 Å². The van der Waals surface area contributed by atoms with Crippen LogP contribution in [0.1, 0.15) is 34.1 Å². The van der Waals surface area contributed by atoms with Gasteiger partial charge in [-0.2, -0.15) is 0 Å².